The number of primary amides is 1. The molecule has 0 radical (unpaired) electrons. The Hall–Kier alpha value is -5.63. The van der Waals surface area contributed by atoms with Gasteiger partial charge in [0.15, 0.2) is 0 Å². The molecule has 2 aromatic heterocycles. The average molecular weight is 846 g/mol. The van der Waals surface area contributed by atoms with E-state index in [-0.39, 0.29) is 55.8 Å². The summed E-state index contributed by atoms with van der Waals surface area (Å²) in [4.78, 5) is 54.1. The second-order valence-corrected chi connectivity index (χ2v) is 17.7. The van der Waals surface area contributed by atoms with Gasteiger partial charge in [0.1, 0.15) is 37.5 Å². The van der Waals surface area contributed by atoms with E-state index >= 15 is 4.79 Å². The Balaban J connectivity index is 1.39. The van der Waals surface area contributed by atoms with Gasteiger partial charge in [0.05, 0.1) is 25.6 Å². The number of nitrogens with one attached hydrogen (secondary N) is 1. The maximum absolute atomic E-state index is 15.7. The van der Waals surface area contributed by atoms with Gasteiger partial charge in [-0.05, 0) is 34.4 Å². The number of carbonyl (C=O) groups excluding carboxylic acids is 3. The van der Waals surface area contributed by atoms with Gasteiger partial charge in [-0.25, -0.2) is 9.97 Å². The quantitative estimate of drug-likeness (QED) is 0.0678. The number of aromatic nitrogens is 4. The Bertz CT molecular complexity index is 2130. The molecule has 1 aliphatic rings. The summed E-state index contributed by atoms with van der Waals surface area (Å²) < 4.78 is 15.7. The summed E-state index contributed by atoms with van der Waals surface area (Å²) in [5.74, 6) is -1.15. The Morgan fingerprint density at radius 3 is 2.00 bits per heavy atom. The van der Waals surface area contributed by atoms with Crippen LogP contribution in [0.5, 0.6) is 0 Å². The second kappa shape index (κ2) is 22.5. The van der Waals surface area contributed by atoms with Crippen LogP contribution >= 0.6 is 0 Å². The summed E-state index contributed by atoms with van der Waals surface area (Å²) in [6, 6.07) is 25.7. The summed E-state index contributed by atoms with van der Waals surface area (Å²) in [7, 11) is 0. The van der Waals surface area contributed by atoms with Gasteiger partial charge in [-0.15, -0.1) is 0 Å². The highest BCUT2D eigenvalue weighted by atomic mass is 16.5. The summed E-state index contributed by atoms with van der Waals surface area (Å²) in [6.07, 6.45) is 10.9. The van der Waals surface area contributed by atoms with Crippen LogP contribution in [0.2, 0.25) is 0 Å². The standard InChI is InChI=1S/C49H63N7O6/c1-49(2,3)29-44(57)53-41(26-36-16-8-4-9-17-36)48(60)56(43(46(50)59)28-40-30-51-33-55(40)35-62-32-39-22-14-7-15-23-39)42(27-37-18-10-5-11-19-37)45(58)47-52-24-25-54(47)34-61-31-38-20-12-6-13-21-38/h4,6-9,12-17,20-25,30,33,37,41-43,45,58H,5,10-11,18-19,26-29,31-32,34-35H2,1-3H3,(H2,50,59)(H,53,57)/t41-,42-,43-,45+/m0/s1. The number of aliphatic hydroxyl groups excluding tert-OH is 1. The molecule has 3 aromatic carbocycles. The molecule has 0 bridgehead atoms. The minimum Gasteiger partial charge on any atom is -0.383 e. The number of ether oxygens (including phenoxy) is 2. The van der Waals surface area contributed by atoms with E-state index in [0.717, 1.165) is 48.8 Å². The normalized spacial score (nSPS) is 15.4. The highest BCUT2D eigenvalue weighted by Gasteiger charge is 2.44. The van der Waals surface area contributed by atoms with Gasteiger partial charge < -0.3 is 39.7 Å². The second-order valence-electron chi connectivity index (χ2n) is 17.7. The SMILES string of the molecule is CC(C)(C)CC(=O)N[C@@H](Cc1ccccc1)C(=O)N([C@@H](Cc1cncn1COCc1ccccc1)C(N)=O)[C@@H](CC1CCCCC1)[C@@H](O)c1nccn1COCc1ccccc1. The molecule has 0 saturated heterocycles. The molecule has 1 fully saturated rings. The first-order valence-electron chi connectivity index (χ1n) is 21.8. The zero-order chi connectivity index (χ0) is 43.9. The Morgan fingerprint density at radius 1 is 0.839 bits per heavy atom. The van der Waals surface area contributed by atoms with E-state index in [9.17, 15) is 14.7 Å². The lowest BCUT2D eigenvalue weighted by molar-refractivity contribution is -0.149. The maximum atomic E-state index is 15.7. The van der Waals surface area contributed by atoms with Crippen molar-refractivity contribution in [2.45, 2.75) is 129 Å². The molecule has 4 N–H and O–H groups in total. The molecule has 0 aliphatic heterocycles. The van der Waals surface area contributed by atoms with Crippen LogP contribution in [0.1, 0.15) is 100 Å². The van der Waals surface area contributed by atoms with Crippen molar-refractivity contribution in [3.63, 3.8) is 0 Å². The molecule has 13 heteroatoms. The van der Waals surface area contributed by atoms with Gasteiger partial charge in [0.2, 0.25) is 17.7 Å². The highest BCUT2D eigenvalue weighted by Crippen LogP contribution is 2.35. The molecule has 0 unspecified atom stereocenters. The number of nitrogens with two attached hydrogens (primary N) is 1. The molecule has 62 heavy (non-hydrogen) atoms. The molecule has 2 heterocycles. The van der Waals surface area contributed by atoms with E-state index in [1.807, 2.05) is 112 Å². The molecule has 3 amide bonds. The van der Waals surface area contributed by atoms with Crippen LogP contribution in [-0.2, 0) is 63.4 Å². The first kappa shape index (κ1) is 45.9. The topological polar surface area (TPSA) is 167 Å². The zero-order valence-corrected chi connectivity index (χ0v) is 36.4. The van der Waals surface area contributed by atoms with Crippen molar-refractivity contribution in [3.05, 3.63) is 144 Å². The smallest absolute Gasteiger partial charge is 0.246 e. The summed E-state index contributed by atoms with van der Waals surface area (Å²) in [5.41, 5.74) is 9.46. The average Bonchev–Trinajstić information content (AvgIpc) is 3.92. The molecule has 4 atom stereocenters. The van der Waals surface area contributed by atoms with Gasteiger partial charge >= 0.3 is 0 Å². The third kappa shape index (κ3) is 13.4. The summed E-state index contributed by atoms with van der Waals surface area (Å²) >= 11 is 0. The number of nitrogens with zero attached hydrogens (tertiary/aromatic N) is 5. The third-order valence-electron chi connectivity index (χ3n) is 11.4. The van der Waals surface area contributed by atoms with Crippen molar-refractivity contribution < 1.29 is 29.0 Å². The minimum atomic E-state index is -1.36. The van der Waals surface area contributed by atoms with E-state index in [1.54, 1.807) is 34.1 Å². The lowest BCUT2D eigenvalue weighted by atomic mass is 9.82. The number of rotatable bonds is 22. The van der Waals surface area contributed by atoms with Crippen LogP contribution in [0, 0.1) is 11.3 Å². The fourth-order valence-corrected chi connectivity index (χ4v) is 8.37. The van der Waals surface area contributed by atoms with Crippen LogP contribution in [0.3, 0.4) is 0 Å². The Kier molecular flexibility index (Phi) is 16.6. The Labute approximate surface area is 365 Å². The lowest BCUT2D eigenvalue weighted by Gasteiger charge is -2.42. The number of carbonyl (C=O) groups is 3. The first-order chi connectivity index (χ1) is 29.9. The molecular formula is C49H63N7O6. The lowest BCUT2D eigenvalue weighted by Crippen LogP contribution is -2.61. The molecule has 330 valence electrons. The predicted octanol–water partition coefficient (Wildman–Crippen LogP) is 6.89. The van der Waals surface area contributed by atoms with Crippen LogP contribution < -0.4 is 11.1 Å². The van der Waals surface area contributed by atoms with Crippen molar-refractivity contribution >= 4 is 17.7 Å². The monoisotopic (exact) mass is 845 g/mol. The van der Waals surface area contributed by atoms with Crippen LogP contribution in [0.25, 0.3) is 0 Å². The largest absolute Gasteiger partial charge is 0.383 e. The van der Waals surface area contributed by atoms with Crippen LogP contribution in [0.15, 0.2) is 116 Å². The van der Waals surface area contributed by atoms with E-state index in [2.05, 4.69) is 15.3 Å². The molecule has 13 nitrogen and oxygen atoms in total. The first-order valence-corrected chi connectivity index (χ1v) is 21.8. The van der Waals surface area contributed by atoms with Gasteiger partial charge in [0, 0.05) is 43.5 Å². The van der Waals surface area contributed by atoms with E-state index in [4.69, 9.17) is 15.2 Å². The molecule has 1 aliphatic carbocycles. The predicted molar refractivity (Wildman–Crippen MR) is 237 cm³/mol. The van der Waals surface area contributed by atoms with Crippen molar-refractivity contribution in [3.8, 4) is 0 Å². The number of imidazole rings is 2. The zero-order valence-electron chi connectivity index (χ0n) is 36.4. The number of benzene rings is 3. The molecule has 0 spiro atoms. The number of hydrogen-bond acceptors (Lipinski definition) is 8. The van der Waals surface area contributed by atoms with Crippen molar-refractivity contribution in [2.75, 3.05) is 0 Å². The van der Waals surface area contributed by atoms with Gasteiger partial charge in [-0.3, -0.25) is 14.4 Å². The molecule has 6 rings (SSSR count). The number of amides is 3. The third-order valence-corrected chi connectivity index (χ3v) is 11.4. The minimum absolute atomic E-state index is 0.0215. The van der Waals surface area contributed by atoms with Gasteiger partial charge in [-0.2, -0.15) is 0 Å². The van der Waals surface area contributed by atoms with Crippen LogP contribution in [0.4, 0.5) is 0 Å². The highest BCUT2D eigenvalue weighted by molar-refractivity contribution is 5.92. The van der Waals surface area contributed by atoms with Crippen molar-refractivity contribution in [1.29, 1.82) is 0 Å². The van der Waals surface area contributed by atoms with E-state index in [1.165, 1.54) is 4.90 Å². The summed E-state index contributed by atoms with van der Waals surface area (Å²) in [6.45, 7) is 6.81. The van der Waals surface area contributed by atoms with E-state index in [0.29, 0.717) is 25.3 Å². The van der Waals surface area contributed by atoms with Crippen molar-refractivity contribution in [2.24, 2.45) is 17.1 Å². The van der Waals surface area contributed by atoms with Crippen LogP contribution in [-0.4, -0.2) is 65.0 Å². The number of hydrogen-bond donors (Lipinski definition) is 3. The molecule has 1 saturated carbocycles. The fourth-order valence-electron chi connectivity index (χ4n) is 8.37. The number of aliphatic hydroxyl groups is 1. The molecular weight excluding hydrogens is 783 g/mol. The van der Waals surface area contributed by atoms with Gasteiger partial charge in [0.25, 0.3) is 0 Å². The van der Waals surface area contributed by atoms with Crippen molar-refractivity contribution in [1.82, 2.24) is 29.3 Å². The molecule has 5 aromatic rings. The maximum Gasteiger partial charge on any atom is 0.246 e. The Morgan fingerprint density at radius 2 is 1.42 bits per heavy atom. The van der Waals surface area contributed by atoms with Gasteiger partial charge in [-0.1, -0.05) is 144 Å². The fraction of sp³-hybridized carbons (Fsp3) is 0.449. The summed E-state index contributed by atoms with van der Waals surface area (Å²) in [5, 5.41) is 15.8. The van der Waals surface area contributed by atoms with E-state index < -0.39 is 36.0 Å².